The van der Waals surface area contributed by atoms with E-state index < -0.39 is 0 Å². The highest BCUT2D eigenvalue weighted by Crippen LogP contribution is 2.19. The molecule has 0 aliphatic carbocycles. The third-order valence-electron chi connectivity index (χ3n) is 4.81. The van der Waals surface area contributed by atoms with Gasteiger partial charge in [-0.15, -0.1) is 11.3 Å². The topological polar surface area (TPSA) is 58.0 Å². The van der Waals surface area contributed by atoms with Crippen molar-refractivity contribution in [2.24, 2.45) is 0 Å². The molecular formula is C22H25N3O3S. The number of rotatable bonds is 8. The van der Waals surface area contributed by atoms with Crippen LogP contribution in [0.25, 0.3) is 0 Å². The predicted octanol–water partition coefficient (Wildman–Crippen LogP) is 3.82. The molecule has 29 heavy (non-hydrogen) atoms. The van der Waals surface area contributed by atoms with Gasteiger partial charge in [0.2, 0.25) is 5.91 Å². The molecule has 1 aromatic carbocycles. The Hall–Kier alpha value is -2.61. The van der Waals surface area contributed by atoms with Crippen molar-refractivity contribution in [2.45, 2.75) is 13.1 Å². The number of morpholine rings is 1. The second-order valence-corrected chi connectivity index (χ2v) is 8.03. The third-order valence-corrected chi connectivity index (χ3v) is 5.67. The second-order valence-electron chi connectivity index (χ2n) is 7.00. The Morgan fingerprint density at radius 1 is 1.07 bits per heavy atom. The van der Waals surface area contributed by atoms with E-state index in [1.54, 1.807) is 17.6 Å². The molecule has 1 N–H and O–H groups in total. The quantitative estimate of drug-likeness (QED) is 0.611. The summed E-state index contributed by atoms with van der Waals surface area (Å²) in [7, 11) is 0. The van der Waals surface area contributed by atoms with Crippen molar-refractivity contribution in [3.63, 3.8) is 0 Å². The first-order chi connectivity index (χ1) is 14.3. The third kappa shape index (κ3) is 5.69. The molecule has 1 aliphatic heterocycles. The molecule has 4 rings (SSSR count). The zero-order valence-electron chi connectivity index (χ0n) is 16.3. The van der Waals surface area contributed by atoms with Crippen molar-refractivity contribution in [2.75, 3.05) is 43.1 Å². The summed E-state index contributed by atoms with van der Waals surface area (Å²) in [6, 6.07) is 15.9. The average Bonchev–Trinajstić information content (AvgIpc) is 3.43. The number of nitrogens with zero attached hydrogens (tertiary/aromatic N) is 2. The van der Waals surface area contributed by atoms with E-state index in [9.17, 15) is 4.79 Å². The molecule has 0 atom stereocenters. The standard InChI is InChI=1S/C22H25N3O3S/c26-22(23-18-5-7-19(8-6-18)25-9-12-27-13-10-25)17-24(15-20-3-1-11-28-20)16-21-4-2-14-29-21/h1-8,11,14H,9-10,12-13,15-17H2,(H,23,26). The predicted molar refractivity (Wildman–Crippen MR) is 115 cm³/mol. The highest BCUT2D eigenvalue weighted by atomic mass is 32.1. The van der Waals surface area contributed by atoms with Crippen molar-refractivity contribution >= 4 is 28.6 Å². The van der Waals surface area contributed by atoms with Gasteiger partial charge in [-0.05, 0) is 47.8 Å². The molecule has 1 amide bonds. The van der Waals surface area contributed by atoms with Crippen molar-refractivity contribution in [1.82, 2.24) is 4.90 Å². The van der Waals surface area contributed by atoms with Crippen LogP contribution in [-0.2, 0) is 22.6 Å². The summed E-state index contributed by atoms with van der Waals surface area (Å²) in [6.45, 7) is 4.91. The van der Waals surface area contributed by atoms with Gasteiger partial charge in [0.05, 0.1) is 32.6 Å². The molecule has 0 saturated carbocycles. The van der Waals surface area contributed by atoms with Gasteiger partial charge < -0.3 is 19.4 Å². The highest BCUT2D eigenvalue weighted by Gasteiger charge is 2.15. The van der Waals surface area contributed by atoms with Gasteiger partial charge in [0.1, 0.15) is 5.76 Å². The largest absolute Gasteiger partial charge is 0.468 e. The monoisotopic (exact) mass is 411 g/mol. The molecule has 2 aromatic heterocycles. The van der Waals surface area contributed by atoms with E-state index >= 15 is 0 Å². The zero-order chi connectivity index (χ0) is 19.9. The number of ether oxygens (including phenoxy) is 1. The summed E-state index contributed by atoms with van der Waals surface area (Å²) in [6.07, 6.45) is 1.66. The number of anilines is 2. The maximum absolute atomic E-state index is 12.7. The van der Waals surface area contributed by atoms with Crippen LogP contribution < -0.4 is 10.2 Å². The fourth-order valence-corrected chi connectivity index (χ4v) is 4.14. The van der Waals surface area contributed by atoms with Crippen molar-refractivity contribution in [3.8, 4) is 0 Å². The number of carbonyl (C=O) groups excluding carboxylic acids is 1. The van der Waals surface area contributed by atoms with Crippen LogP contribution in [0.5, 0.6) is 0 Å². The van der Waals surface area contributed by atoms with Crippen LogP contribution in [0, 0.1) is 0 Å². The van der Waals surface area contributed by atoms with Crippen molar-refractivity contribution < 1.29 is 13.9 Å². The summed E-state index contributed by atoms with van der Waals surface area (Å²) in [5.74, 6) is 0.816. The minimum atomic E-state index is -0.0350. The van der Waals surface area contributed by atoms with Gasteiger partial charge in [-0.25, -0.2) is 0 Å². The number of thiophene rings is 1. The smallest absolute Gasteiger partial charge is 0.238 e. The number of amides is 1. The normalized spacial score (nSPS) is 14.3. The van der Waals surface area contributed by atoms with Crippen molar-refractivity contribution in [1.29, 1.82) is 0 Å². The number of furan rings is 1. The SMILES string of the molecule is O=C(CN(Cc1ccco1)Cc1cccs1)Nc1ccc(N2CCOCC2)cc1. The Kier molecular flexibility index (Phi) is 6.61. The fraction of sp³-hybridized carbons (Fsp3) is 0.318. The first-order valence-electron chi connectivity index (χ1n) is 9.76. The lowest BCUT2D eigenvalue weighted by Gasteiger charge is -2.29. The number of hydrogen-bond donors (Lipinski definition) is 1. The van der Waals surface area contributed by atoms with E-state index in [2.05, 4.69) is 26.6 Å². The Labute approximate surface area is 174 Å². The lowest BCUT2D eigenvalue weighted by Crippen LogP contribution is -2.36. The van der Waals surface area contributed by atoms with E-state index in [-0.39, 0.29) is 5.91 Å². The molecule has 0 unspecified atom stereocenters. The summed E-state index contributed by atoms with van der Waals surface area (Å²) >= 11 is 1.69. The highest BCUT2D eigenvalue weighted by molar-refractivity contribution is 7.09. The average molecular weight is 412 g/mol. The van der Waals surface area contributed by atoms with Crippen LogP contribution in [0.1, 0.15) is 10.6 Å². The summed E-state index contributed by atoms with van der Waals surface area (Å²) in [5, 5.41) is 5.06. The van der Waals surface area contributed by atoms with Gasteiger partial charge >= 0.3 is 0 Å². The molecule has 1 saturated heterocycles. The molecule has 1 aliphatic rings. The van der Waals surface area contributed by atoms with E-state index in [1.807, 2.05) is 42.5 Å². The maximum atomic E-state index is 12.7. The van der Waals surface area contributed by atoms with Gasteiger partial charge in [0.15, 0.2) is 0 Å². The Balaban J connectivity index is 1.35. The molecule has 1 fully saturated rings. The van der Waals surface area contributed by atoms with Crippen LogP contribution in [0.2, 0.25) is 0 Å². The maximum Gasteiger partial charge on any atom is 0.238 e. The summed E-state index contributed by atoms with van der Waals surface area (Å²) < 4.78 is 10.9. The van der Waals surface area contributed by atoms with Gasteiger partial charge in [0.25, 0.3) is 0 Å². The molecule has 152 valence electrons. The Morgan fingerprint density at radius 3 is 2.59 bits per heavy atom. The number of hydrogen-bond acceptors (Lipinski definition) is 6. The molecule has 7 heteroatoms. The van der Waals surface area contributed by atoms with Crippen LogP contribution in [0.4, 0.5) is 11.4 Å². The number of benzene rings is 1. The number of nitrogens with one attached hydrogen (secondary N) is 1. The first-order valence-corrected chi connectivity index (χ1v) is 10.6. The lowest BCUT2D eigenvalue weighted by molar-refractivity contribution is -0.117. The summed E-state index contributed by atoms with van der Waals surface area (Å²) in [5.41, 5.74) is 1.96. The van der Waals surface area contributed by atoms with Crippen LogP contribution >= 0.6 is 11.3 Å². The molecule has 0 radical (unpaired) electrons. The van der Waals surface area contributed by atoms with E-state index in [0.717, 1.165) is 43.4 Å². The molecular weight excluding hydrogens is 386 g/mol. The van der Waals surface area contributed by atoms with Gasteiger partial charge in [0, 0.05) is 35.9 Å². The molecule has 3 aromatic rings. The molecule has 6 nitrogen and oxygen atoms in total. The Bertz CT molecular complexity index is 836. The molecule has 0 spiro atoms. The van der Waals surface area contributed by atoms with E-state index in [4.69, 9.17) is 9.15 Å². The van der Waals surface area contributed by atoms with Gasteiger partial charge in [-0.3, -0.25) is 9.69 Å². The zero-order valence-corrected chi connectivity index (χ0v) is 17.1. The van der Waals surface area contributed by atoms with Crippen LogP contribution in [0.15, 0.2) is 64.6 Å². The fourth-order valence-electron chi connectivity index (χ4n) is 3.39. The minimum absolute atomic E-state index is 0.0350. The van der Waals surface area contributed by atoms with Gasteiger partial charge in [-0.1, -0.05) is 6.07 Å². The molecule has 3 heterocycles. The Morgan fingerprint density at radius 2 is 1.90 bits per heavy atom. The lowest BCUT2D eigenvalue weighted by atomic mass is 10.2. The van der Waals surface area contributed by atoms with Gasteiger partial charge in [-0.2, -0.15) is 0 Å². The minimum Gasteiger partial charge on any atom is -0.468 e. The number of carbonyl (C=O) groups is 1. The van der Waals surface area contributed by atoms with Crippen LogP contribution in [0.3, 0.4) is 0 Å². The van der Waals surface area contributed by atoms with E-state index in [0.29, 0.717) is 19.6 Å². The summed E-state index contributed by atoms with van der Waals surface area (Å²) in [4.78, 5) is 18.3. The van der Waals surface area contributed by atoms with Crippen molar-refractivity contribution in [3.05, 3.63) is 70.8 Å². The second kappa shape index (κ2) is 9.73. The van der Waals surface area contributed by atoms with E-state index in [1.165, 1.54) is 4.88 Å². The molecule has 0 bridgehead atoms. The van der Waals surface area contributed by atoms with Crippen LogP contribution in [-0.4, -0.2) is 43.7 Å². The first kappa shape index (κ1) is 19.7.